The number of aromatic hydroxyl groups is 4. The molecular weight excluding hydrogens is 669 g/mol. The lowest BCUT2D eigenvalue weighted by molar-refractivity contribution is 0.350. The first kappa shape index (κ1) is 29.9. The molecule has 0 atom stereocenters. The SMILES string of the molecule is Oc1c(O)c(O)c2c(c1O)c1c3sc4ccccc4c3c3ccccc3c1n2-c1ccc(-c2nc(-c3ccccc3)nc(-c3ccccc3)n2)cc1. The van der Waals surface area contributed by atoms with Crippen molar-refractivity contribution in [2.45, 2.75) is 0 Å². The smallest absolute Gasteiger partial charge is 0.206 e. The zero-order valence-electron chi connectivity index (χ0n) is 27.2. The van der Waals surface area contributed by atoms with Gasteiger partial charge < -0.3 is 25.0 Å². The van der Waals surface area contributed by atoms with Crippen LogP contribution < -0.4 is 0 Å². The van der Waals surface area contributed by atoms with Crippen LogP contribution in [0.4, 0.5) is 0 Å². The Labute approximate surface area is 299 Å². The number of phenolic OH excluding ortho intramolecular Hbond substituents is 4. The quantitative estimate of drug-likeness (QED) is 0.107. The molecule has 0 radical (unpaired) electrons. The van der Waals surface area contributed by atoms with E-state index in [1.54, 1.807) is 11.3 Å². The van der Waals surface area contributed by atoms with Crippen LogP contribution in [-0.2, 0) is 0 Å². The molecule has 3 aromatic heterocycles. The van der Waals surface area contributed by atoms with Gasteiger partial charge in [0, 0.05) is 53.3 Å². The summed E-state index contributed by atoms with van der Waals surface area (Å²) in [5.74, 6) is -1.04. The molecule has 0 bridgehead atoms. The van der Waals surface area contributed by atoms with Gasteiger partial charge in [0.25, 0.3) is 0 Å². The minimum atomic E-state index is -0.797. The van der Waals surface area contributed by atoms with Crippen molar-refractivity contribution in [1.82, 2.24) is 19.5 Å². The summed E-state index contributed by atoms with van der Waals surface area (Å²) in [6.45, 7) is 0. The molecule has 3 heterocycles. The minimum Gasteiger partial charge on any atom is -0.504 e. The minimum absolute atomic E-state index is 0.170. The number of phenols is 4. The third kappa shape index (κ3) is 4.30. The van der Waals surface area contributed by atoms with E-state index in [0.29, 0.717) is 34.1 Å². The van der Waals surface area contributed by atoms with Crippen LogP contribution in [0.3, 0.4) is 0 Å². The first-order chi connectivity index (χ1) is 25.5. The highest BCUT2D eigenvalue weighted by atomic mass is 32.1. The van der Waals surface area contributed by atoms with Crippen molar-refractivity contribution in [2.24, 2.45) is 0 Å². The van der Waals surface area contributed by atoms with E-state index >= 15 is 0 Å². The number of rotatable bonds is 4. The van der Waals surface area contributed by atoms with E-state index in [2.05, 4.69) is 18.2 Å². The first-order valence-electron chi connectivity index (χ1n) is 16.6. The molecule has 8 nitrogen and oxygen atoms in total. The summed E-state index contributed by atoms with van der Waals surface area (Å²) in [4.78, 5) is 14.6. The molecule has 7 aromatic carbocycles. The Morgan fingerprint density at radius 1 is 0.404 bits per heavy atom. The second-order valence-electron chi connectivity index (χ2n) is 12.6. The predicted molar refractivity (Wildman–Crippen MR) is 208 cm³/mol. The molecule has 0 fully saturated rings. The van der Waals surface area contributed by atoms with Crippen LogP contribution in [0, 0.1) is 0 Å². The van der Waals surface area contributed by atoms with Gasteiger partial charge in [-0.15, -0.1) is 11.3 Å². The van der Waals surface area contributed by atoms with E-state index in [0.717, 1.165) is 47.6 Å². The van der Waals surface area contributed by atoms with Gasteiger partial charge in [-0.2, -0.15) is 0 Å². The van der Waals surface area contributed by atoms with Gasteiger partial charge >= 0.3 is 0 Å². The molecule has 248 valence electrons. The summed E-state index contributed by atoms with van der Waals surface area (Å²) in [6.07, 6.45) is 0. The van der Waals surface area contributed by atoms with Gasteiger partial charge in [-0.1, -0.05) is 103 Å². The summed E-state index contributed by atoms with van der Waals surface area (Å²) < 4.78 is 3.80. The van der Waals surface area contributed by atoms with E-state index in [9.17, 15) is 20.4 Å². The Morgan fingerprint density at radius 2 is 0.904 bits per heavy atom. The van der Waals surface area contributed by atoms with Crippen LogP contribution in [-0.4, -0.2) is 39.9 Å². The average Bonchev–Trinajstić information content (AvgIpc) is 3.77. The predicted octanol–water partition coefficient (Wildman–Crippen LogP) is 10.3. The number of benzene rings is 7. The fourth-order valence-corrected chi connectivity index (χ4v) is 8.58. The lowest BCUT2D eigenvalue weighted by Gasteiger charge is -2.13. The first-order valence-corrected chi connectivity index (χ1v) is 17.4. The Bertz CT molecular complexity index is 2990. The fourth-order valence-electron chi connectivity index (χ4n) is 7.31. The average molecular weight is 695 g/mol. The number of fused-ring (bicyclic) bond motifs is 10. The molecule has 52 heavy (non-hydrogen) atoms. The molecule has 0 spiro atoms. The topological polar surface area (TPSA) is 125 Å². The van der Waals surface area contributed by atoms with Gasteiger partial charge in [0.2, 0.25) is 11.5 Å². The van der Waals surface area contributed by atoms with E-state index in [1.807, 2.05) is 120 Å². The normalized spacial score (nSPS) is 11.8. The zero-order valence-corrected chi connectivity index (χ0v) is 28.0. The summed E-state index contributed by atoms with van der Waals surface area (Å²) in [7, 11) is 0. The molecule has 9 heteroatoms. The van der Waals surface area contributed by atoms with Gasteiger partial charge in [0.05, 0.1) is 10.9 Å². The summed E-state index contributed by atoms with van der Waals surface area (Å²) in [5, 5.41) is 49.6. The molecule has 4 N–H and O–H groups in total. The van der Waals surface area contributed by atoms with Crippen molar-refractivity contribution in [3.63, 3.8) is 0 Å². The number of nitrogens with zero attached hydrogens (tertiary/aromatic N) is 4. The molecular formula is C43H26N4O4S. The Hall–Kier alpha value is -6.97. The maximum absolute atomic E-state index is 11.5. The maximum Gasteiger partial charge on any atom is 0.206 e. The van der Waals surface area contributed by atoms with Crippen LogP contribution in [0.5, 0.6) is 23.0 Å². The summed E-state index contributed by atoms with van der Waals surface area (Å²) in [6, 6.07) is 43.3. The maximum atomic E-state index is 11.5. The molecule has 0 aliphatic carbocycles. The second-order valence-corrected chi connectivity index (χ2v) is 13.7. The lowest BCUT2D eigenvalue weighted by Crippen LogP contribution is -2.00. The number of thiophene rings is 1. The van der Waals surface area contributed by atoms with Crippen molar-refractivity contribution in [3.05, 3.63) is 133 Å². The van der Waals surface area contributed by atoms with E-state index in [1.165, 1.54) is 0 Å². The third-order valence-electron chi connectivity index (χ3n) is 9.66. The Balaban J connectivity index is 1.26. The van der Waals surface area contributed by atoms with Gasteiger partial charge in [-0.25, -0.2) is 15.0 Å². The van der Waals surface area contributed by atoms with Crippen LogP contribution in [0.15, 0.2) is 133 Å². The summed E-state index contributed by atoms with van der Waals surface area (Å²) >= 11 is 1.58. The molecule has 10 rings (SSSR count). The molecule has 10 aromatic rings. The van der Waals surface area contributed by atoms with E-state index < -0.39 is 23.0 Å². The molecule has 0 aliphatic rings. The van der Waals surface area contributed by atoms with Crippen molar-refractivity contribution >= 4 is 64.1 Å². The molecule has 0 saturated carbocycles. The van der Waals surface area contributed by atoms with Gasteiger partial charge in [-0.3, -0.25) is 0 Å². The molecule has 0 unspecified atom stereocenters. The second kappa shape index (κ2) is 11.3. The third-order valence-corrected chi connectivity index (χ3v) is 10.9. The highest BCUT2D eigenvalue weighted by molar-refractivity contribution is 7.27. The van der Waals surface area contributed by atoms with Gasteiger partial charge in [0.1, 0.15) is 5.52 Å². The molecule has 0 aliphatic heterocycles. The number of hydrogen-bond donors (Lipinski definition) is 4. The van der Waals surface area contributed by atoms with Gasteiger partial charge in [0.15, 0.2) is 29.0 Å². The molecule has 0 amide bonds. The van der Waals surface area contributed by atoms with E-state index in [-0.39, 0.29) is 10.9 Å². The Morgan fingerprint density at radius 3 is 1.52 bits per heavy atom. The van der Waals surface area contributed by atoms with Crippen LogP contribution in [0.2, 0.25) is 0 Å². The number of hydrogen-bond acceptors (Lipinski definition) is 8. The van der Waals surface area contributed by atoms with Crippen molar-refractivity contribution in [1.29, 1.82) is 0 Å². The Kier molecular flexibility index (Phi) is 6.48. The van der Waals surface area contributed by atoms with Crippen molar-refractivity contribution in [2.75, 3.05) is 0 Å². The summed E-state index contributed by atoms with van der Waals surface area (Å²) in [5.41, 5.74) is 4.00. The van der Waals surface area contributed by atoms with Crippen LogP contribution in [0.1, 0.15) is 0 Å². The fraction of sp³-hybridized carbons (Fsp3) is 0. The van der Waals surface area contributed by atoms with E-state index in [4.69, 9.17) is 15.0 Å². The highest BCUT2D eigenvalue weighted by Crippen LogP contribution is 2.56. The number of aromatic nitrogens is 4. The highest BCUT2D eigenvalue weighted by Gasteiger charge is 2.29. The van der Waals surface area contributed by atoms with Crippen molar-refractivity contribution in [3.8, 4) is 62.8 Å². The standard InChI is InChI=1S/C43H26N4O4S/c48-36-32-33-34(28-16-8-7-15-27(28)31-29-17-9-10-18-30(29)52-40(31)33)47(35(32)37(49)39(51)38(36)50)26-21-19-25(20-22-26)43-45-41(23-11-3-1-4-12-23)44-42(46-43)24-13-5-2-6-14-24/h1-22,48-51H. The lowest BCUT2D eigenvalue weighted by atomic mass is 9.99. The molecule has 0 saturated heterocycles. The monoisotopic (exact) mass is 694 g/mol. The van der Waals surface area contributed by atoms with Crippen molar-refractivity contribution < 1.29 is 20.4 Å². The zero-order chi connectivity index (χ0) is 35.1. The van der Waals surface area contributed by atoms with Crippen LogP contribution in [0.25, 0.3) is 92.6 Å². The van der Waals surface area contributed by atoms with Crippen LogP contribution >= 0.6 is 11.3 Å². The largest absolute Gasteiger partial charge is 0.504 e. The van der Waals surface area contributed by atoms with Gasteiger partial charge in [-0.05, 0) is 35.7 Å².